The van der Waals surface area contributed by atoms with Crippen molar-refractivity contribution in [3.05, 3.63) is 65.2 Å². The van der Waals surface area contributed by atoms with E-state index in [9.17, 15) is 4.79 Å². The van der Waals surface area contributed by atoms with Crippen LogP contribution in [0, 0.1) is 6.92 Å². The molecule has 3 heteroatoms. The van der Waals surface area contributed by atoms with E-state index in [-0.39, 0.29) is 5.91 Å². The number of aryl methyl sites for hydroxylation is 2. The van der Waals surface area contributed by atoms with Crippen molar-refractivity contribution in [1.82, 2.24) is 5.32 Å². The van der Waals surface area contributed by atoms with Crippen molar-refractivity contribution in [3.63, 3.8) is 0 Å². The second kappa shape index (κ2) is 8.70. The third-order valence-electron chi connectivity index (χ3n) is 4.86. The molecule has 0 aliphatic carbocycles. The molecule has 3 rings (SSSR count). The summed E-state index contributed by atoms with van der Waals surface area (Å²) in [5.41, 5.74) is 4.60. The summed E-state index contributed by atoms with van der Waals surface area (Å²) in [4.78, 5) is 14.7. The highest BCUT2D eigenvalue weighted by molar-refractivity contribution is 5.94. The van der Waals surface area contributed by atoms with E-state index in [4.69, 9.17) is 0 Å². The minimum Gasteiger partial charge on any atom is -0.372 e. The molecule has 0 unspecified atom stereocenters. The van der Waals surface area contributed by atoms with Crippen molar-refractivity contribution in [2.75, 3.05) is 24.5 Å². The van der Waals surface area contributed by atoms with Gasteiger partial charge in [0, 0.05) is 30.9 Å². The highest BCUT2D eigenvalue weighted by atomic mass is 16.1. The number of piperidine rings is 1. The number of benzene rings is 2. The second-order valence-corrected chi connectivity index (χ2v) is 6.94. The van der Waals surface area contributed by atoms with Gasteiger partial charge in [-0.05, 0) is 68.9 Å². The zero-order chi connectivity index (χ0) is 17.5. The maximum Gasteiger partial charge on any atom is 0.251 e. The van der Waals surface area contributed by atoms with E-state index in [1.807, 2.05) is 12.1 Å². The van der Waals surface area contributed by atoms with E-state index in [1.165, 1.54) is 36.1 Å². The number of nitrogens with one attached hydrogen (secondary N) is 1. The van der Waals surface area contributed by atoms with Crippen LogP contribution in [0.2, 0.25) is 0 Å². The van der Waals surface area contributed by atoms with E-state index in [0.29, 0.717) is 6.54 Å². The van der Waals surface area contributed by atoms with Crippen molar-refractivity contribution >= 4 is 11.6 Å². The van der Waals surface area contributed by atoms with Crippen LogP contribution in [0.1, 0.15) is 47.2 Å². The molecule has 0 radical (unpaired) electrons. The van der Waals surface area contributed by atoms with Crippen LogP contribution in [0.4, 0.5) is 5.69 Å². The van der Waals surface area contributed by atoms with E-state index in [0.717, 1.165) is 31.5 Å². The van der Waals surface area contributed by atoms with Gasteiger partial charge in [-0.25, -0.2) is 0 Å². The van der Waals surface area contributed by atoms with Crippen molar-refractivity contribution < 1.29 is 4.79 Å². The van der Waals surface area contributed by atoms with Gasteiger partial charge >= 0.3 is 0 Å². The van der Waals surface area contributed by atoms with Gasteiger partial charge in [-0.15, -0.1) is 0 Å². The van der Waals surface area contributed by atoms with Gasteiger partial charge in [-0.3, -0.25) is 4.79 Å². The molecular formula is C22H28N2O. The van der Waals surface area contributed by atoms with Crippen LogP contribution < -0.4 is 10.2 Å². The van der Waals surface area contributed by atoms with Crippen LogP contribution >= 0.6 is 0 Å². The summed E-state index contributed by atoms with van der Waals surface area (Å²) in [6.45, 7) is 5.08. The van der Waals surface area contributed by atoms with Crippen molar-refractivity contribution in [3.8, 4) is 0 Å². The Balaban J connectivity index is 1.44. The maximum atomic E-state index is 12.3. The Kier molecular flexibility index (Phi) is 6.10. The molecule has 0 atom stereocenters. The number of rotatable bonds is 6. The Morgan fingerprint density at radius 3 is 2.52 bits per heavy atom. The summed E-state index contributed by atoms with van der Waals surface area (Å²) in [6.07, 6.45) is 5.82. The zero-order valence-electron chi connectivity index (χ0n) is 15.1. The lowest BCUT2D eigenvalue weighted by molar-refractivity contribution is 0.0953. The van der Waals surface area contributed by atoms with Crippen LogP contribution in [0.25, 0.3) is 0 Å². The number of anilines is 1. The average Bonchev–Trinajstić information content (AvgIpc) is 2.66. The Hall–Kier alpha value is -2.29. The fourth-order valence-corrected chi connectivity index (χ4v) is 3.44. The molecule has 1 fully saturated rings. The Bertz CT molecular complexity index is 687. The molecule has 0 aromatic heterocycles. The molecule has 3 nitrogen and oxygen atoms in total. The monoisotopic (exact) mass is 336 g/mol. The fourth-order valence-electron chi connectivity index (χ4n) is 3.44. The Morgan fingerprint density at radius 2 is 1.80 bits per heavy atom. The van der Waals surface area contributed by atoms with Crippen LogP contribution in [-0.2, 0) is 6.42 Å². The maximum absolute atomic E-state index is 12.3. The Morgan fingerprint density at radius 1 is 1.04 bits per heavy atom. The summed E-state index contributed by atoms with van der Waals surface area (Å²) in [7, 11) is 0. The van der Waals surface area contributed by atoms with Gasteiger partial charge in [0.2, 0.25) is 0 Å². The first kappa shape index (κ1) is 17.5. The lowest BCUT2D eigenvalue weighted by Gasteiger charge is -2.28. The molecule has 2 aromatic rings. The van der Waals surface area contributed by atoms with Gasteiger partial charge in [0.1, 0.15) is 0 Å². The molecule has 0 saturated carbocycles. The summed E-state index contributed by atoms with van der Waals surface area (Å²) in [5, 5.41) is 3.03. The molecule has 132 valence electrons. The molecule has 1 heterocycles. The number of nitrogens with zero attached hydrogens (tertiary/aromatic N) is 1. The second-order valence-electron chi connectivity index (χ2n) is 6.94. The number of hydrogen-bond acceptors (Lipinski definition) is 2. The normalized spacial score (nSPS) is 14.4. The van der Waals surface area contributed by atoms with Crippen LogP contribution in [0.3, 0.4) is 0 Å². The molecule has 1 saturated heterocycles. The van der Waals surface area contributed by atoms with Crippen molar-refractivity contribution in [2.24, 2.45) is 0 Å². The predicted octanol–water partition coefficient (Wildman–Crippen LogP) is 4.35. The molecule has 0 spiro atoms. The molecule has 1 amide bonds. The van der Waals surface area contributed by atoms with E-state index >= 15 is 0 Å². The smallest absolute Gasteiger partial charge is 0.251 e. The van der Waals surface area contributed by atoms with Gasteiger partial charge in [0.05, 0.1) is 0 Å². The van der Waals surface area contributed by atoms with Crippen LogP contribution in [0.5, 0.6) is 0 Å². The molecular weight excluding hydrogens is 308 g/mol. The minimum atomic E-state index is 0.0226. The van der Waals surface area contributed by atoms with Crippen molar-refractivity contribution in [1.29, 1.82) is 0 Å². The van der Waals surface area contributed by atoms with E-state index in [2.05, 4.69) is 53.5 Å². The largest absolute Gasteiger partial charge is 0.372 e. The van der Waals surface area contributed by atoms with Gasteiger partial charge in [0.15, 0.2) is 0 Å². The number of hydrogen-bond donors (Lipinski definition) is 1. The summed E-state index contributed by atoms with van der Waals surface area (Å²) < 4.78 is 0. The van der Waals surface area contributed by atoms with Gasteiger partial charge < -0.3 is 10.2 Å². The molecule has 1 N–H and O–H groups in total. The van der Waals surface area contributed by atoms with Crippen LogP contribution in [0.15, 0.2) is 48.5 Å². The number of amides is 1. The van der Waals surface area contributed by atoms with E-state index in [1.54, 1.807) is 0 Å². The third kappa shape index (κ3) is 5.09. The number of carbonyl (C=O) groups is 1. The first-order valence-corrected chi connectivity index (χ1v) is 9.41. The van der Waals surface area contributed by atoms with E-state index < -0.39 is 0 Å². The van der Waals surface area contributed by atoms with Gasteiger partial charge in [-0.2, -0.15) is 0 Å². The SMILES string of the molecule is Cc1cccc(CCCNC(=O)c2ccc(N3CCCCC3)cc2)c1. The summed E-state index contributed by atoms with van der Waals surface area (Å²) in [6, 6.07) is 16.6. The Labute approximate surface area is 151 Å². The van der Waals surface area contributed by atoms with Crippen molar-refractivity contribution in [2.45, 2.75) is 39.0 Å². The minimum absolute atomic E-state index is 0.0226. The molecule has 25 heavy (non-hydrogen) atoms. The molecule has 1 aliphatic rings. The fraction of sp³-hybridized carbons (Fsp3) is 0.409. The molecule has 0 bridgehead atoms. The average molecular weight is 336 g/mol. The number of carbonyl (C=O) groups excluding carboxylic acids is 1. The third-order valence-corrected chi connectivity index (χ3v) is 4.86. The highest BCUT2D eigenvalue weighted by Gasteiger charge is 2.11. The van der Waals surface area contributed by atoms with Gasteiger partial charge in [-0.1, -0.05) is 29.8 Å². The quantitative estimate of drug-likeness (QED) is 0.796. The lowest BCUT2D eigenvalue weighted by atomic mass is 10.1. The van der Waals surface area contributed by atoms with Crippen LogP contribution in [-0.4, -0.2) is 25.5 Å². The molecule has 1 aliphatic heterocycles. The predicted molar refractivity (Wildman–Crippen MR) is 104 cm³/mol. The highest BCUT2D eigenvalue weighted by Crippen LogP contribution is 2.20. The lowest BCUT2D eigenvalue weighted by Crippen LogP contribution is -2.29. The summed E-state index contributed by atoms with van der Waals surface area (Å²) in [5.74, 6) is 0.0226. The first-order chi connectivity index (χ1) is 12.2. The van der Waals surface area contributed by atoms with Gasteiger partial charge in [0.25, 0.3) is 5.91 Å². The zero-order valence-corrected chi connectivity index (χ0v) is 15.1. The molecule has 2 aromatic carbocycles. The standard InChI is InChI=1S/C22H28N2O/c1-18-7-5-8-19(17-18)9-6-14-23-22(25)20-10-12-21(13-11-20)24-15-3-2-4-16-24/h5,7-8,10-13,17H,2-4,6,9,14-16H2,1H3,(H,23,25). The summed E-state index contributed by atoms with van der Waals surface area (Å²) >= 11 is 0. The topological polar surface area (TPSA) is 32.3 Å². The first-order valence-electron chi connectivity index (χ1n) is 9.41.